The fourth-order valence-electron chi connectivity index (χ4n) is 1.45. The van der Waals surface area contributed by atoms with Gasteiger partial charge in [-0.2, -0.15) is 0 Å². The van der Waals surface area contributed by atoms with E-state index in [1.807, 2.05) is 0 Å². The molecule has 0 aromatic heterocycles. The summed E-state index contributed by atoms with van der Waals surface area (Å²) in [4.78, 5) is 3.60. The van der Waals surface area contributed by atoms with E-state index < -0.39 is 0 Å². The SMILES string of the molecule is CCc1cccc(C)c1N[SiH2][SiH3]. The van der Waals surface area contributed by atoms with Crippen LogP contribution in [-0.4, -0.2) is 19.0 Å². The second-order valence-electron chi connectivity index (χ2n) is 2.99. The van der Waals surface area contributed by atoms with Crippen molar-refractivity contribution in [2.24, 2.45) is 0 Å². The van der Waals surface area contributed by atoms with Gasteiger partial charge in [0, 0.05) is 15.4 Å². The van der Waals surface area contributed by atoms with Crippen LogP contribution < -0.4 is 4.98 Å². The van der Waals surface area contributed by atoms with Crippen molar-refractivity contribution >= 4 is 24.6 Å². The fraction of sp³-hybridized carbons (Fsp3) is 0.333. The molecule has 12 heavy (non-hydrogen) atoms. The lowest BCUT2D eigenvalue weighted by atomic mass is 10.1. The van der Waals surface area contributed by atoms with Gasteiger partial charge in [-0.05, 0) is 24.5 Å². The molecule has 0 aliphatic heterocycles. The average molecular weight is 195 g/mol. The molecule has 0 heterocycles. The van der Waals surface area contributed by atoms with Crippen LogP contribution in [-0.2, 0) is 6.42 Å². The van der Waals surface area contributed by atoms with E-state index in [1.54, 1.807) is 0 Å². The topological polar surface area (TPSA) is 12.0 Å². The Hall–Kier alpha value is -0.546. The van der Waals surface area contributed by atoms with Crippen molar-refractivity contribution in [2.75, 3.05) is 4.98 Å². The van der Waals surface area contributed by atoms with E-state index in [0.29, 0.717) is 0 Å². The minimum Gasteiger partial charge on any atom is -0.419 e. The number of anilines is 1. The fourth-order valence-corrected chi connectivity index (χ4v) is 3.37. The summed E-state index contributed by atoms with van der Waals surface area (Å²) in [6.45, 7) is 4.40. The van der Waals surface area contributed by atoms with Gasteiger partial charge >= 0.3 is 0 Å². The maximum atomic E-state index is 3.60. The Morgan fingerprint density at radius 2 is 2.25 bits per heavy atom. The van der Waals surface area contributed by atoms with E-state index in [1.165, 1.54) is 26.6 Å². The summed E-state index contributed by atoms with van der Waals surface area (Å²) in [5, 5.41) is 0. The molecule has 0 radical (unpaired) electrons. The molecule has 0 amide bonds. The third-order valence-corrected chi connectivity index (χ3v) is 3.86. The Balaban J connectivity index is 3.02. The number of benzene rings is 1. The number of aryl methyl sites for hydroxylation is 2. The van der Waals surface area contributed by atoms with Crippen LogP contribution in [0.1, 0.15) is 18.1 Å². The Kier molecular flexibility index (Phi) is 3.56. The summed E-state index contributed by atoms with van der Waals surface area (Å²) in [6, 6.07) is 6.56. The van der Waals surface area contributed by atoms with Gasteiger partial charge in [0.05, 0.1) is 9.20 Å². The molecule has 0 aliphatic carbocycles. The summed E-state index contributed by atoms with van der Waals surface area (Å²) < 4.78 is 0. The van der Waals surface area contributed by atoms with Crippen LogP contribution in [0, 0.1) is 6.92 Å². The van der Waals surface area contributed by atoms with E-state index in [9.17, 15) is 0 Å². The molecule has 0 fully saturated rings. The van der Waals surface area contributed by atoms with E-state index in [0.717, 1.165) is 6.42 Å². The molecular formula is C9H17NSi2. The van der Waals surface area contributed by atoms with Crippen LogP contribution in [0.25, 0.3) is 0 Å². The highest BCUT2D eigenvalue weighted by Crippen LogP contribution is 2.19. The first kappa shape index (κ1) is 9.54. The van der Waals surface area contributed by atoms with Crippen molar-refractivity contribution in [3.8, 4) is 0 Å². The quantitative estimate of drug-likeness (QED) is 0.686. The van der Waals surface area contributed by atoms with E-state index in [2.05, 4.69) is 37.0 Å². The molecule has 0 saturated carbocycles. The predicted octanol–water partition coefficient (Wildman–Crippen LogP) is 0.334. The number of para-hydroxylation sites is 1. The Morgan fingerprint density at radius 3 is 2.83 bits per heavy atom. The van der Waals surface area contributed by atoms with Crippen molar-refractivity contribution in [1.29, 1.82) is 0 Å². The van der Waals surface area contributed by atoms with Gasteiger partial charge in [-0.1, -0.05) is 25.1 Å². The van der Waals surface area contributed by atoms with Crippen molar-refractivity contribution in [3.05, 3.63) is 29.3 Å². The van der Waals surface area contributed by atoms with Crippen LogP contribution in [0.15, 0.2) is 18.2 Å². The summed E-state index contributed by atoms with van der Waals surface area (Å²) in [5.74, 6) is 0. The van der Waals surface area contributed by atoms with Crippen LogP contribution in [0.5, 0.6) is 0 Å². The van der Waals surface area contributed by atoms with Crippen LogP contribution in [0.3, 0.4) is 0 Å². The standard InChI is InChI=1S/C9H17NSi2/c1-3-8-6-4-5-7(2)9(8)10-12-11/h4-6,10H,3,12H2,1-2,11H3. The first-order valence-corrected chi connectivity index (χ1v) is 11.0. The lowest BCUT2D eigenvalue weighted by Crippen LogP contribution is -2.08. The summed E-state index contributed by atoms with van der Waals surface area (Å²) in [5.41, 5.74) is 4.29. The van der Waals surface area contributed by atoms with Gasteiger partial charge in [0.1, 0.15) is 0 Å². The molecule has 0 saturated heterocycles. The van der Waals surface area contributed by atoms with E-state index in [-0.39, 0.29) is 9.20 Å². The third kappa shape index (κ3) is 1.98. The highest BCUT2D eigenvalue weighted by molar-refractivity contribution is 6.91. The molecule has 1 rings (SSSR count). The molecule has 1 aromatic carbocycles. The Morgan fingerprint density at radius 1 is 1.50 bits per heavy atom. The predicted molar refractivity (Wildman–Crippen MR) is 62.7 cm³/mol. The smallest absolute Gasteiger partial charge is 0.0995 e. The molecule has 1 nitrogen and oxygen atoms in total. The molecule has 0 atom stereocenters. The van der Waals surface area contributed by atoms with Gasteiger partial charge in [-0.3, -0.25) is 0 Å². The Bertz CT molecular complexity index is 261. The second kappa shape index (κ2) is 4.47. The van der Waals surface area contributed by atoms with E-state index in [4.69, 9.17) is 0 Å². The summed E-state index contributed by atoms with van der Waals surface area (Å²) in [6.07, 6.45) is 1.14. The van der Waals surface area contributed by atoms with Crippen LogP contribution >= 0.6 is 0 Å². The maximum Gasteiger partial charge on any atom is 0.0995 e. The van der Waals surface area contributed by atoms with Crippen LogP contribution in [0.2, 0.25) is 0 Å². The molecule has 1 N–H and O–H groups in total. The molecule has 0 unspecified atom stereocenters. The number of rotatable bonds is 3. The first-order chi connectivity index (χ1) is 5.79. The largest absolute Gasteiger partial charge is 0.419 e. The Labute approximate surface area is 79.7 Å². The van der Waals surface area contributed by atoms with E-state index >= 15 is 0 Å². The summed E-state index contributed by atoms with van der Waals surface area (Å²) in [7, 11) is 1.40. The average Bonchev–Trinajstić information content (AvgIpc) is 2.09. The molecule has 0 spiro atoms. The zero-order valence-electron chi connectivity index (χ0n) is 8.15. The van der Waals surface area contributed by atoms with Gasteiger partial charge < -0.3 is 4.98 Å². The molecule has 3 heteroatoms. The maximum absolute atomic E-state index is 3.60. The lowest BCUT2D eigenvalue weighted by molar-refractivity contribution is 1.14. The number of nitrogens with one attached hydrogen (secondary N) is 1. The third-order valence-electron chi connectivity index (χ3n) is 2.09. The first-order valence-electron chi connectivity index (χ1n) is 4.62. The molecule has 66 valence electrons. The number of hydrogen-bond acceptors (Lipinski definition) is 1. The van der Waals surface area contributed by atoms with Gasteiger partial charge in [0.2, 0.25) is 0 Å². The van der Waals surface area contributed by atoms with Gasteiger partial charge in [0.15, 0.2) is 0 Å². The minimum atomic E-state index is 0.0525. The van der Waals surface area contributed by atoms with Crippen molar-refractivity contribution < 1.29 is 0 Å². The monoisotopic (exact) mass is 195 g/mol. The highest BCUT2D eigenvalue weighted by atomic mass is 29.1. The van der Waals surface area contributed by atoms with Crippen LogP contribution in [0.4, 0.5) is 5.69 Å². The molecular weight excluding hydrogens is 178 g/mol. The van der Waals surface area contributed by atoms with Crippen molar-refractivity contribution in [1.82, 2.24) is 0 Å². The minimum absolute atomic E-state index is 0.0525. The number of hydrogen-bond donors (Lipinski definition) is 1. The lowest BCUT2D eigenvalue weighted by Gasteiger charge is -2.11. The zero-order chi connectivity index (χ0) is 8.97. The zero-order valence-corrected chi connectivity index (χ0v) is 11.6. The molecule has 0 bridgehead atoms. The summed E-state index contributed by atoms with van der Waals surface area (Å²) >= 11 is 0. The van der Waals surface area contributed by atoms with Crippen molar-refractivity contribution in [2.45, 2.75) is 20.3 Å². The van der Waals surface area contributed by atoms with Gasteiger partial charge in [0.25, 0.3) is 0 Å². The molecule has 1 aromatic rings. The van der Waals surface area contributed by atoms with Crippen molar-refractivity contribution in [3.63, 3.8) is 0 Å². The van der Waals surface area contributed by atoms with Gasteiger partial charge in [-0.15, -0.1) is 0 Å². The molecule has 0 aliphatic rings. The second-order valence-corrected chi connectivity index (χ2v) is 6.17. The normalized spacial score (nSPS) is 11.2. The highest BCUT2D eigenvalue weighted by Gasteiger charge is 2.00. The van der Waals surface area contributed by atoms with Gasteiger partial charge in [-0.25, -0.2) is 0 Å².